The number of rotatable bonds is 6. The zero-order chi connectivity index (χ0) is 17.0. The molecule has 1 aromatic heterocycles. The number of hydrogen-bond acceptors (Lipinski definition) is 4. The second kappa shape index (κ2) is 7.59. The van der Waals surface area contributed by atoms with E-state index >= 15 is 0 Å². The molecule has 0 unspecified atom stereocenters. The molecule has 2 atom stereocenters. The Kier molecular flexibility index (Phi) is 5.76. The molecular weight excluding hydrogens is 296 g/mol. The summed E-state index contributed by atoms with van der Waals surface area (Å²) in [5.41, 5.74) is 1.89. The monoisotopic (exact) mass is 322 g/mol. The Balaban J connectivity index is 1.95. The van der Waals surface area contributed by atoms with Gasteiger partial charge >= 0.3 is 0 Å². The van der Waals surface area contributed by atoms with E-state index in [1.54, 1.807) is 16.7 Å². The summed E-state index contributed by atoms with van der Waals surface area (Å²) in [6, 6.07) is 1.85. The fourth-order valence-electron chi connectivity index (χ4n) is 3.11. The van der Waals surface area contributed by atoms with Crippen LogP contribution in [-0.2, 0) is 27.9 Å². The van der Waals surface area contributed by atoms with Crippen molar-refractivity contribution in [2.45, 2.75) is 39.3 Å². The van der Waals surface area contributed by atoms with E-state index in [1.165, 1.54) is 0 Å². The standard InChI is InChI=1S/C16H26N4O3/c1-11-9-13(19(3)18-11)10-17-16(22)14-5-6-15(21)20(12(14)2)7-8-23-4/h9,12,14H,5-8,10H2,1-4H3,(H,17,22)/t12-,14-/m1/s1. The van der Waals surface area contributed by atoms with Gasteiger partial charge in [0.05, 0.1) is 30.5 Å². The lowest BCUT2D eigenvalue weighted by Gasteiger charge is -2.38. The van der Waals surface area contributed by atoms with Crippen LogP contribution in [0.5, 0.6) is 0 Å². The Morgan fingerprint density at radius 1 is 1.52 bits per heavy atom. The maximum atomic E-state index is 12.5. The molecule has 2 rings (SSSR count). The molecule has 1 aliphatic heterocycles. The van der Waals surface area contributed by atoms with E-state index in [0.29, 0.717) is 32.5 Å². The number of nitrogens with zero attached hydrogens (tertiary/aromatic N) is 3. The quantitative estimate of drug-likeness (QED) is 0.833. The highest BCUT2D eigenvalue weighted by Gasteiger charge is 2.36. The minimum atomic E-state index is -0.182. The van der Waals surface area contributed by atoms with Crippen molar-refractivity contribution < 1.29 is 14.3 Å². The highest BCUT2D eigenvalue weighted by molar-refractivity contribution is 5.84. The van der Waals surface area contributed by atoms with E-state index in [9.17, 15) is 9.59 Å². The van der Waals surface area contributed by atoms with Crippen LogP contribution in [0, 0.1) is 12.8 Å². The molecule has 7 heteroatoms. The molecular formula is C16H26N4O3. The molecule has 7 nitrogen and oxygen atoms in total. The number of carbonyl (C=O) groups is 2. The Hall–Kier alpha value is -1.89. The molecule has 23 heavy (non-hydrogen) atoms. The first-order valence-corrected chi connectivity index (χ1v) is 7.99. The van der Waals surface area contributed by atoms with Crippen LogP contribution in [-0.4, -0.2) is 52.8 Å². The molecule has 1 aliphatic rings. The van der Waals surface area contributed by atoms with Crippen molar-refractivity contribution in [2.75, 3.05) is 20.3 Å². The van der Waals surface area contributed by atoms with Crippen LogP contribution in [0.1, 0.15) is 31.2 Å². The molecule has 0 bridgehead atoms. The van der Waals surface area contributed by atoms with Gasteiger partial charge in [-0.2, -0.15) is 5.10 Å². The van der Waals surface area contributed by atoms with Gasteiger partial charge in [-0.3, -0.25) is 14.3 Å². The van der Waals surface area contributed by atoms with Gasteiger partial charge in [-0.25, -0.2) is 0 Å². The summed E-state index contributed by atoms with van der Waals surface area (Å²) in [5.74, 6) is -0.0917. The number of hydrogen-bond donors (Lipinski definition) is 1. The van der Waals surface area contributed by atoms with Crippen LogP contribution >= 0.6 is 0 Å². The highest BCUT2D eigenvalue weighted by Crippen LogP contribution is 2.24. The average molecular weight is 322 g/mol. The van der Waals surface area contributed by atoms with Crippen LogP contribution in [0.25, 0.3) is 0 Å². The lowest BCUT2D eigenvalue weighted by atomic mass is 9.89. The number of aromatic nitrogens is 2. The zero-order valence-electron chi connectivity index (χ0n) is 14.3. The van der Waals surface area contributed by atoms with E-state index in [-0.39, 0.29) is 23.8 Å². The molecule has 2 amide bonds. The maximum Gasteiger partial charge on any atom is 0.225 e. The minimum Gasteiger partial charge on any atom is -0.383 e. The summed E-state index contributed by atoms with van der Waals surface area (Å²) in [6.45, 7) is 5.32. The van der Waals surface area contributed by atoms with Gasteiger partial charge in [0.2, 0.25) is 11.8 Å². The fourth-order valence-corrected chi connectivity index (χ4v) is 3.11. The normalized spacial score (nSPS) is 21.6. The SMILES string of the molecule is COCCN1C(=O)CC[C@@H](C(=O)NCc2cc(C)nn2C)[C@H]1C. The van der Waals surface area contributed by atoms with Crippen molar-refractivity contribution >= 4 is 11.8 Å². The largest absolute Gasteiger partial charge is 0.383 e. The van der Waals surface area contributed by atoms with Gasteiger partial charge in [0.1, 0.15) is 0 Å². The second-order valence-corrected chi connectivity index (χ2v) is 6.08. The molecule has 0 spiro atoms. The van der Waals surface area contributed by atoms with Crippen molar-refractivity contribution in [1.29, 1.82) is 0 Å². The van der Waals surface area contributed by atoms with Gasteiger partial charge in [-0.05, 0) is 26.3 Å². The predicted molar refractivity (Wildman–Crippen MR) is 85.6 cm³/mol. The van der Waals surface area contributed by atoms with Crippen LogP contribution in [0.2, 0.25) is 0 Å². The molecule has 1 fully saturated rings. The summed E-state index contributed by atoms with van der Waals surface area (Å²) in [6.07, 6.45) is 1.01. The Labute approximate surface area is 137 Å². The lowest BCUT2D eigenvalue weighted by molar-refractivity contribution is -0.143. The number of piperidine rings is 1. The third-order valence-electron chi connectivity index (χ3n) is 4.48. The van der Waals surface area contributed by atoms with Gasteiger partial charge in [-0.15, -0.1) is 0 Å². The Bertz CT molecular complexity index is 570. The van der Waals surface area contributed by atoms with E-state index in [1.807, 2.05) is 27.0 Å². The summed E-state index contributed by atoms with van der Waals surface area (Å²) in [4.78, 5) is 26.3. The van der Waals surface area contributed by atoms with Crippen LogP contribution < -0.4 is 5.32 Å². The van der Waals surface area contributed by atoms with E-state index in [0.717, 1.165) is 11.4 Å². The predicted octanol–water partition coefficient (Wildman–Crippen LogP) is 0.618. The van der Waals surface area contributed by atoms with Gasteiger partial charge in [-0.1, -0.05) is 0 Å². The van der Waals surface area contributed by atoms with Gasteiger partial charge < -0.3 is 15.0 Å². The number of amides is 2. The molecule has 1 aromatic rings. The molecule has 1 saturated heterocycles. The molecule has 1 N–H and O–H groups in total. The summed E-state index contributed by atoms with van der Waals surface area (Å²) < 4.78 is 6.83. The van der Waals surface area contributed by atoms with Gasteiger partial charge in [0, 0.05) is 33.2 Å². The smallest absolute Gasteiger partial charge is 0.225 e. The van der Waals surface area contributed by atoms with E-state index < -0.39 is 0 Å². The molecule has 128 valence electrons. The highest BCUT2D eigenvalue weighted by atomic mass is 16.5. The molecule has 2 heterocycles. The van der Waals surface area contributed by atoms with Crippen LogP contribution in [0.4, 0.5) is 0 Å². The van der Waals surface area contributed by atoms with Crippen LogP contribution in [0.15, 0.2) is 6.07 Å². The first-order valence-electron chi connectivity index (χ1n) is 7.99. The zero-order valence-corrected chi connectivity index (χ0v) is 14.3. The first-order chi connectivity index (χ1) is 10.9. The molecule has 0 saturated carbocycles. The van der Waals surface area contributed by atoms with E-state index in [4.69, 9.17) is 4.74 Å². The summed E-state index contributed by atoms with van der Waals surface area (Å²) >= 11 is 0. The van der Waals surface area contributed by atoms with Crippen molar-refractivity contribution in [2.24, 2.45) is 13.0 Å². The Morgan fingerprint density at radius 2 is 2.26 bits per heavy atom. The Morgan fingerprint density at radius 3 is 2.87 bits per heavy atom. The third-order valence-corrected chi connectivity index (χ3v) is 4.48. The van der Waals surface area contributed by atoms with Gasteiger partial charge in [0.25, 0.3) is 0 Å². The third kappa shape index (κ3) is 4.10. The maximum absolute atomic E-state index is 12.5. The van der Waals surface area contributed by atoms with Crippen LogP contribution in [0.3, 0.4) is 0 Å². The number of ether oxygens (including phenoxy) is 1. The molecule has 0 aromatic carbocycles. The minimum absolute atomic E-state index is 0.00808. The van der Waals surface area contributed by atoms with Crippen molar-refractivity contribution in [3.05, 3.63) is 17.5 Å². The number of carbonyl (C=O) groups excluding carboxylic acids is 2. The summed E-state index contributed by atoms with van der Waals surface area (Å²) in [7, 11) is 3.47. The topological polar surface area (TPSA) is 76.5 Å². The van der Waals surface area contributed by atoms with E-state index in [2.05, 4.69) is 10.4 Å². The van der Waals surface area contributed by atoms with Crippen molar-refractivity contribution in [3.63, 3.8) is 0 Å². The van der Waals surface area contributed by atoms with Crippen molar-refractivity contribution in [1.82, 2.24) is 20.0 Å². The lowest BCUT2D eigenvalue weighted by Crippen LogP contribution is -2.52. The summed E-state index contributed by atoms with van der Waals surface area (Å²) in [5, 5.41) is 7.25. The van der Waals surface area contributed by atoms with Crippen molar-refractivity contribution in [3.8, 4) is 0 Å². The fraction of sp³-hybridized carbons (Fsp3) is 0.688. The first kappa shape index (κ1) is 17.5. The number of aryl methyl sites for hydroxylation is 2. The number of nitrogens with one attached hydrogen (secondary N) is 1. The second-order valence-electron chi connectivity index (χ2n) is 6.08. The average Bonchev–Trinajstić information content (AvgIpc) is 2.82. The number of methoxy groups -OCH3 is 1. The number of likely N-dealkylation sites (tertiary alicyclic amines) is 1. The molecule has 0 radical (unpaired) electrons. The molecule has 0 aliphatic carbocycles. The van der Waals surface area contributed by atoms with Gasteiger partial charge in [0.15, 0.2) is 0 Å².